The normalized spacial score (nSPS) is 13.9. The molecule has 0 N–H and O–H groups in total. The summed E-state index contributed by atoms with van der Waals surface area (Å²) in [4.78, 5) is 4.03. The maximum atomic E-state index is 11.8. The van der Waals surface area contributed by atoms with E-state index in [0.717, 1.165) is 10.0 Å². The molecule has 0 aliphatic heterocycles. The summed E-state index contributed by atoms with van der Waals surface area (Å²) >= 11 is 3.35. The Morgan fingerprint density at radius 3 is 2.71 bits per heavy atom. The molecule has 1 rings (SSSR count). The lowest BCUT2D eigenvalue weighted by Gasteiger charge is -2.12. The summed E-state index contributed by atoms with van der Waals surface area (Å²) in [6.07, 6.45) is 3.19. The van der Waals surface area contributed by atoms with Crippen molar-refractivity contribution in [1.29, 1.82) is 0 Å². The molecule has 1 atom stereocenters. The molecule has 0 saturated heterocycles. The Hall–Kier alpha value is -0.750. The molecule has 17 heavy (non-hydrogen) atoms. The van der Waals surface area contributed by atoms with Crippen LogP contribution >= 0.6 is 15.9 Å². The van der Waals surface area contributed by atoms with E-state index in [1.807, 2.05) is 20.8 Å². The topological polar surface area (TPSA) is 51.5 Å². The minimum absolute atomic E-state index is 0.361. The number of hydrogen-bond donors (Lipinski definition) is 0. The van der Waals surface area contributed by atoms with E-state index in [9.17, 15) is 4.21 Å². The molecular formula is C11H15BrN2O2S. The highest BCUT2D eigenvalue weighted by Crippen LogP contribution is 2.19. The highest BCUT2D eigenvalue weighted by atomic mass is 79.9. The summed E-state index contributed by atoms with van der Waals surface area (Å²) in [6, 6.07) is 1.73. The fourth-order valence-corrected chi connectivity index (χ4v) is 1.75. The van der Waals surface area contributed by atoms with Crippen molar-refractivity contribution in [1.82, 2.24) is 4.98 Å². The zero-order valence-electron chi connectivity index (χ0n) is 10.2. The summed E-state index contributed by atoms with van der Waals surface area (Å²) in [5, 5.41) is 0. The molecule has 0 radical (unpaired) electrons. The van der Waals surface area contributed by atoms with E-state index in [-0.39, 0.29) is 4.75 Å². The summed E-state index contributed by atoms with van der Waals surface area (Å²) in [5.74, 6) is 0.496. The minimum atomic E-state index is -1.27. The summed E-state index contributed by atoms with van der Waals surface area (Å²) in [6.45, 7) is 5.63. The first-order valence-corrected chi connectivity index (χ1v) is 6.90. The van der Waals surface area contributed by atoms with Crippen molar-refractivity contribution in [3.63, 3.8) is 0 Å². The number of methoxy groups -OCH3 is 1. The van der Waals surface area contributed by atoms with E-state index >= 15 is 0 Å². The van der Waals surface area contributed by atoms with Gasteiger partial charge in [-0.15, -0.1) is 0 Å². The van der Waals surface area contributed by atoms with E-state index in [4.69, 9.17) is 4.74 Å². The highest BCUT2D eigenvalue weighted by Gasteiger charge is 2.18. The van der Waals surface area contributed by atoms with Crippen LogP contribution in [0.3, 0.4) is 0 Å². The molecule has 0 aromatic carbocycles. The first kappa shape index (κ1) is 14.3. The van der Waals surface area contributed by atoms with Crippen LogP contribution in [-0.4, -0.2) is 27.3 Å². The van der Waals surface area contributed by atoms with Gasteiger partial charge in [-0.25, -0.2) is 9.19 Å². The fraction of sp³-hybridized carbons (Fsp3) is 0.455. The Labute approximate surface area is 112 Å². The first-order chi connectivity index (χ1) is 7.84. The monoisotopic (exact) mass is 318 g/mol. The lowest BCUT2D eigenvalue weighted by molar-refractivity contribution is 0.397. The standard InChI is InChI=1S/C11H15BrN2O2S/c1-11(2,3)17(15)14-6-8-5-10(16-4)13-7-9(8)12/h5-7H,1-4H3/t17-/m0/s1. The van der Waals surface area contributed by atoms with Gasteiger partial charge in [0.2, 0.25) is 5.88 Å². The van der Waals surface area contributed by atoms with Gasteiger partial charge in [-0.05, 0) is 36.7 Å². The molecular weight excluding hydrogens is 304 g/mol. The van der Waals surface area contributed by atoms with Crippen LogP contribution in [0.1, 0.15) is 26.3 Å². The van der Waals surface area contributed by atoms with E-state index in [1.54, 1.807) is 25.6 Å². The van der Waals surface area contributed by atoms with Crippen LogP contribution < -0.4 is 4.74 Å². The van der Waals surface area contributed by atoms with Gasteiger partial charge in [-0.2, -0.15) is 4.40 Å². The number of pyridine rings is 1. The minimum Gasteiger partial charge on any atom is -0.481 e. The number of ether oxygens (including phenoxy) is 1. The molecule has 1 aromatic heterocycles. The molecule has 0 aliphatic carbocycles. The highest BCUT2D eigenvalue weighted by molar-refractivity contribution is 9.10. The molecule has 4 nitrogen and oxygen atoms in total. The van der Waals surface area contributed by atoms with Crippen molar-refractivity contribution < 1.29 is 8.95 Å². The van der Waals surface area contributed by atoms with Gasteiger partial charge in [0.25, 0.3) is 0 Å². The maximum Gasteiger partial charge on any atom is 0.213 e. The third-order valence-electron chi connectivity index (χ3n) is 1.88. The SMILES string of the molecule is COc1cc(C=N[S@@](=O)C(C)(C)C)c(Br)cn1. The van der Waals surface area contributed by atoms with Crippen molar-refractivity contribution in [3.8, 4) is 5.88 Å². The van der Waals surface area contributed by atoms with Gasteiger partial charge < -0.3 is 4.74 Å². The van der Waals surface area contributed by atoms with Crippen molar-refractivity contribution >= 4 is 33.1 Å². The first-order valence-electron chi connectivity index (χ1n) is 5.00. The number of hydrogen-bond acceptors (Lipinski definition) is 3. The second-order valence-corrected chi connectivity index (χ2v) is 7.13. The molecule has 0 amide bonds. The Kier molecular flexibility index (Phi) is 4.82. The maximum absolute atomic E-state index is 11.8. The second-order valence-electron chi connectivity index (χ2n) is 4.34. The van der Waals surface area contributed by atoms with E-state index < -0.39 is 11.0 Å². The van der Waals surface area contributed by atoms with Gasteiger partial charge in [0.15, 0.2) is 0 Å². The average Bonchev–Trinajstić information content (AvgIpc) is 2.26. The molecule has 0 saturated carbocycles. The number of nitrogens with zero attached hydrogens (tertiary/aromatic N) is 2. The Morgan fingerprint density at radius 2 is 2.18 bits per heavy atom. The zero-order valence-corrected chi connectivity index (χ0v) is 12.6. The molecule has 0 fully saturated rings. The smallest absolute Gasteiger partial charge is 0.213 e. The molecule has 0 aliphatic rings. The Balaban J connectivity index is 2.95. The van der Waals surface area contributed by atoms with Gasteiger partial charge in [-0.3, -0.25) is 0 Å². The number of halogens is 1. The van der Waals surface area contributed by atoms with Crippen LogP contribution in [0.15, 0.2) is 21.1 Å². The van der Waals surface area contributed by atoms with Crippen molar-refractivity contribution in [2.45, 2.75) is 25.5 Å². The quantitative estimate of drug-likeness (QED) is 0.805. The van der Waals surface area contributed by atoms with Gasteiger partial charge in [0.1, 0.15) is 11.0 Å². The summed E-state index contributed by atoms with van der Waals surface area (Å²) in [7, 11) is 0.279. The van der Waals surface area contributed by atoms with Crippen molar-refractivity contribution in [2.24, 2.45) is 4.40 Å². The summed E-state index contributed by atoms with van der Waals surface area (Å²) in [5.41, 5.74) is 0.787. The molecule has 6 heteroatoms. The molecule has 0 spiro atoms. The largest absolute Gasteiger partial charge is 0.481 e. The van der Waals surface area contributed by atoms with E-state index in [2.05, 4.69) is 25.3 Å². The zero-order chi connectivity index (χ0) is 13.1. The Bertz CT molecular complexity index is 455. The van der Waals surface area contributed by atoms with Crippen LogP contribution in [-0.2, 0) is 11.0 Å². The summed E-state index contributed by atoms with van der Waals surface area (Å²) < 4.78 is 21.2. The lowest BCUT2D eigenvalue weighted by Crippen LogP contribution is -2.19. The van der Waals surface area contributed by atoms with Crippen LogP contribution in [0.25, 0.3) is 0 Å². The van der Waals surface area contributed by atoms with Crippen LogP contribution in [0.5, 0.6) is 5.88 Å². The van der Waals surface area contributed by atoms with Gasteiger partial charge in [0, 0.05) is 28.5 Å². The van der Waals surface area contributed by atoms with E-state index in [1.165, 1.54) is 0 Å². The number of aromatic nitrogens is 1. The van der Waals surface area contributed by atoms with E-state index in [0.29, 0.717) is 5.88 Å². The van der Waals surface area contributed by atoms with Crippen LogP contribution in [0.2, 0.25) is 0 Å². The third kappa shape index (κ3) is 4.20. The molecule has 0 unspecified atom stereocenters. The second kappa shape index (κ2) is 5.73. The molecule has 1 aromatic rings. The van der Waals surface area contributed by atoms with Gasteiger partial charge >= 0.3 is 0 Å². The fourth-order valence-electron chi connectivity index (χ4n) is 0.907. The van der Waals surface area contributed by atoms with Crippen LogP contribution in [0.4, 0.5) is 0 Å². The molecule has 1 heterocycles. The predicted octanol–water partition coefficient (Wildman–Crippen LogP) is 2.73. The van der Waals surface area contributed by atoms with Crippen LogP contribution in [0, 0.1) is 0 Å². The number of rotatable bonds is 3. The molecule has 0 bridgehead atoms. The van der Waals surface area contributed by atoms with Crippen molar-refractivity contribution in [2.75, 3.05) is 7.11 Å². The van der Waals surface area contributed by atoms with Gasteiger partial charge in [0.05, 0.1) is 11.9 Å². The third-order valence-corrected chi connectivity index (χ3v) is 3.89. The molecule has 94 valence electrons. The van der Waals surface area contributed by atoms with Gasteiger partial charge in [-0.1, -0.05) is 0 Å². The van der Waals surface area contributed by atoms with Crippen molar-refractivity contribution in [3.05, 3.63) is 22.3 Å². The Morgan fingerprint density at radius 1 is 1.53 bits per heavy atom. The average molecular weight is 319 g/mol. The predicted molar refractivity (Wildman–Crippen MR) is 74.0 cm³/mol. The lowest BCUT2D eigenvalue weighted by atomic mass is 10.3.